The van der Waals surface area contributed by atoms with Gasteiger partial charge in [-0.2, -0.15) is 0 Å². The van der Waals surface area contributed by atoms with Crippen LogP contribution in [0.4, 0.5) is 5.69 Å². The zero-order valence-electron chi connectivity index (χ0n) is 17.8. The minimum Gasteiger partial charge on any atom is -0.493 e. The number of furan rings is 1. The average Bonchev–Trinajstić information content (AvgIpc) is 3.38. The first-order chi connectivity index (χ1) is 15.4. The summed E-state index contributed by atoms with van der Waals surface area (Å²) in [6.45, 7) is 1.90. The summed E-state index contributed by atoms with van der Waals surface area (Å²) in [7, 11) is 3.04. The van der Waals surface area contributed by atoms with Crippen LogP contribution in [-0.2, 0) is 16.1 Å². The summed E-state index contributed by atoms with van der Waals surface area (Å²) < 4.78 is 16.0. The van der Waals surface area contributed by atoms with Gasteiger partial charge in [0.1, 0.15) is 11.5 Å². The maximum Gasteiger partial charge on any atom is 0.278 e. The van der Waals surface area contributed by atoms with Gasteiger partial charge in [0.05, 0.1) is 32.6 Å². The standard InChI is InChI=1S/C24H21ClN2O5/c1-14-6-8-16(25)12-18(14)26-22-21(15-7-9-19(30-2)20(11-15)31-3)23(28)27(24(22)29)13-17-5-4-10-32-17/h4-12,26H,13H2,1-3H3. The Hall–Kier alpha value is -3.71. The van der Waals surface area contributed by atoms with Crippen LogP contribution < -0.4 is 14.8 Å². The number of amides is 2. The number of hydrogen-bond acceptors (Lipinski definition) is 6. The molecule has 0 fully saturated rings. The topological polar surface area (TPSA) is 81.0 Å². The molecule has 1 N–H and O–H groups in total. The van der Waals surface area contributed by atoms with E-state index in [0.29, 0.717) is 33.5 Å². The molecule has 32 heavy (non-hydrogen) atoms. The molecular formula is C24H21ClN2O5. The zero-order chi connectivity index (χ0) is 22.8. The van der Waals surface area contributed by atoms with Crippen molar-refractivity contribution in [1.29, 1.82) is 0 Å². The summed E-state index contributed by atoms with van der Waals surface area (Å²) in [6.07, 6.45) is 1.50. The molecule has 1 aliphatic heterocycles. The van der Waals surface area contributed by atoms with E-state index in [1.54, 1.807) is 42.5 Å². The van der Waals surface area contributed by atoms with Crippen molar-refractivity contribution in [3.05, 3.63) is 82.4 Å². The number of hydrogen-bond donors (Lipinski definition) is 1. The lowest BCUT2D eigenvalue weighted by atomic mass is 10.0. The van der Waals surface area contributed by atoms with Gasteiger partial charge in [0, 0.05) is 10.7 Å². The van der Waals surface area contributed by atoms with E-state index in [-0.39, 0.29) is 17.8 Å². The maximum atomic E-state index is 13.4. The number of nitrogens with zero attached hydrogens (tertiary/aromatic N) is 1. The second kappa shape index (κ2) is 8.80. The highest BCUT2D eigenvalue weighted by atomic mass is 35.5. The van der Waals surface area contributed by atoms with Gasteiger partial charge in [-0.05, 0) is 54.4 Å². The Bertz CT molecular complexity index is 1220. The number of carbonyl (C=O) groups is 2. The van der Waals surface area contributed by atoms with E-state index in [0.717, 1.165) is 10.5 Å². The second-order valence-corrected chi connectivity index (χ2v) is 7.62. The van der Waals surface area contributed by atoms with Crippen molar-refractivity contribution in [1.82, 2.24) is 4.90 Å². The molecule has 0 saturated heterocycles. The highest BCUT2D eigenvalue weighted by Gasteiger charge is 2.40. The Morgan fingerprint density at radius 2 is 1.78 bits per heavy atom. The third-order valence-electron chi connectivity index (χ3n) is 5.19. The Morgan fingerprint density at radius 1 is 1.00 bits per heavy atom. The first-order valence-electron chi connectivity index (χ1n) is 9.81. The van der Waals surface area contributed by atoms with Crippen LogP contribution in [0.25, 0.3) is 5.57 Å². The second-order valence-electron chi connectivity index (χ2n) is 7.18. The molecule has 2 amide bonds. The van der Waals surface area contributed by atoms with Crippen molar-refractivity contribution in [2.45, 2.75) is 13.5 Å². The monoisotopic (exact) mass is 452 g/mol. The number of halogens is 1. The first kappa shape index (κ1) is 21.5. The first-order valence-corrected chi connectivity index (χ1v) is 10.2. The van der Waals surface area contributed by atoms with E-state index in [1.165, 1.54) is 20.5 Å². The zero-order valence-corrected chi connectivity index (χ0v) is 18.5. The van der Waals surface area contributed by atoms with Gasteiger partial charge in [-0.3, -0.25) is 14.5 Å². The van der Waals surface area contributed by atoms with Gasteiger partial charge in [0.15, 0.2) is 11.5 Å². The number of aryl methyl sites for hydroxylation is 1. The molecule has 0 spiro atoms. The molecule has 1 aromatic heterocycles. The third kappa shape index (κ3) is 3.94. The van der Waals surface area contributed by atoms with Crippen LogP contribution in [0.2, 0.25) is 5.02 Å². The van der Waals surface area contributed by atoms with Crippen LogP contribution in [0.5, 0.6) is 11.5 Å². The van der Waals surface area contributed by atoms with Gasteiger partial charge in [0.2, 0.25) is 0 Å². The van der Waals surface area contributed by atoms with Crippen molar-refractivity contribution in [3.63, 3.8) is 0 Å². The van der Waals surface area contributed by atoms with Gasteiger partial charge < -0.3 is 19.2 Å². The van der Waals surface area contributed by atoms with Crippen LogP contribution in [-0.4, -0.2) is 30.9 Å². The van der Waals surface area contributed by atoms with Gasteiger partial charge in [0.25, 0.3) is 11.8 Å². The van der Waals surface area contributed by atoms with E-state index < -0.39 is 11.8 Å². The van der Waals surface area contributed by atoms with Crippen molar-refractivity contribution >= 4 is 34.7 Å². The fraction of sp³-hybridized carbons (Fsp3) is 0.167. The van der Waals surface area contributed by atoms with Crippen LogP contribution in [0, 0.1) is 6.92 Å². The smallest absolute Gasteiger partial charge is 0.278 e. The number of anilines is 1. The number of ether oxygens (including phenoxy) is 2. The third-order valence-corrected chi connectivity index (χ3v) is 5.43. The Balaban J connectivity index is 1.82. The van der Waals surface area contributed by atoms with Crippen LogP contribution >= 0.6 is 11.6 Å². The SMILES string of the molecule is COc1ccc(C2=C(Nc3cc(Cl)ccc3C)C(=O)N(Cc3ccco3)C2=O)cc1OC. The van der Waals surface area contributed by atoms with Crippen molar-refractivity contribution in [2.75, 3.05) is 19.5 Å². The summed E-state index contributed by atoms with van der Waals surface area (Å²) in [4.78, 5) is 27.9. The number of methoxy groups -OCH3 is 2. The van der Waals surface area contributed by atoms with Gasteiger partial charge >= 0.3 is 0 Å². The highest BCUT2D eigenvalue weighted by Crippen LogP contribution is 2.36. The molecule has 164 valence electrons. The number of benzene rings is 2. The normalized spacial score (nSPS) is 13.7. The molecular weight excluding hydrogens is 432 g/mol. The van der Waals surface area contributed by atoms with Gasteiger partial charge in [-0.1, -0.05) is 23.7 Å². The molecule has 1 aliphatic rings. The summed E-state index contributed by atoms with van der Waals surface area (Å²) in [6, 6.07) is 13.8. The predicted molar refractivity (Wildman–Crippen MR) is 121 cm³/mol. The Morgan fingerprint density at radius 3 is 2.47 bits per heavy atom. The molecule has 0 aliphatic carbocycles. The van der Waals surface area contributed by atoms with Crippen molar-refractivity contribution < 1.29 is 23.5 Å². The Kier molecular flexibility index (Phi) is 5.92. The molecule has 3 aromatic rings. The Labute approximate surface area is 190 Å². The summed E-state index contributed by atoms with van der Waals surface area (Å²) >= 11 is 6.16. The molecule has 0 saturated carbocycles. The largest absolute Gasteiger partial charge is 0.493 e. The van der Waals surface area contributed by atoms with Crippen LogP contribution in [0.15, 0.2) is 64.9 Å². The lowest BCUT2D eigenvalue weighted by Crippen LogP contribution is -2.31. The minimum atomic E-state index is -0.462. The molecule has 0 atom stereocenters. The molecule has 2 aromatic carbocycles. The fourth-order valence-corrected chi connectivity index (χ4v) is 3.69. The molecule has 2 heterocycles. The van der Waals surface area contributed by atoms with Crippen molar-refractivity contribution in [3.8, 4) is 11.5 Å². The van der Waals surface area contributed by atoms with E-state index in [2.05, 4.69) is 5.32 Å². The fourth-order valence-electron chi connectivity index (χ4n) is 3.52. The molecule has 0 radical (unpaired) electrons. The molecule has 4 rings (SSSR count). The van der Waals surface area contributed by atoms with Crippen LogP contribution in [0.1, 0.15) is 16.9 Å². The van der Waals surface area contributed by atoms with E-state index >= 15 is 0 Å². The van der Waals surface area contributed by atoms with Crippen LogP contribution in [0.3, 0.4) is 0 Å². The maximum absolute atomic E-state index is 13.4. The van der Waals surface area contributed by atoms with Gasteiger partial charge in [-0.25, -0.2) is 0 Å². The lowest BCUT2D eigenvalue weighted by molar-refractivity contribution is -0.137. The number of rotatable bonds is 7. The highest BCUT2D eigenvalue weighted by molar-refractivity contribution is 6.36. The number of carbonyl (C=O) groups excluding carboxylic acids is 2. The predicted octanol–water partition coefficient (Wildman–Crippen LogP) is 4.65. The summed E-state index contributed by atoms with van der Waals surface area (Å²) in [5, 5.41) is 3.64. The van der Waals surface area contributed by atoms with E-state index in [9.17, 15) is 9.59 Å². The molecule has 0 unspecified atom stereocenters. The van der Waals surface area contributed by atoms with E-state index in [1.807, 2.05) is 13.0 Å². The molecule has 8 heteroatoms. The lowest BCUT2D eigenvalue weighted by Gasteiger charge is -2.14. The average molecular weight is 453 g/mol. The number of imide groups is 1. The number of nitrogens with one attached hydrogen (secondary N) is 1. The minimum absolute atomic E-state index is 0.0150. The molecule has 0 bridgehead atoms. The van der Waals surface area contributed by atoms with Crippen molar-refractivity contribution in [2.24, 2.45) is 0 Å². The van der Waals surface area contributed by atoms with E-state index in [4.69, 9.17) is 25.5 Å². The summed E-state index contributed by atoms with van der Waals surface area (Å²) in [5.41, 5.74) is 2.40. The quantitative estimate of drug-likeness (QED) is 0.525. The van der Waals surface area contributed by atoms with Gasteiger partial charge in [-0.15, -0.1) is 0 Å². The molecule has 7 nitrogen and oxygen atoms in total. The summed E-state index contributed by atoms with van der Waals surface area (Å²) in [5.74, 6) is 0.552.